The Morgan fingerprint density at radius 2 is 1.88 bits per heavy atom. The summed E-state index contributed by atoms with van der Waals surface area (Å²) in [5.41, 5.74) is 2.72. The molecule has 0 radical (unpaired) electrons. The van der Waals surface area contributed by atoms with Crippen LogP contribution in [0.15, 0.2) is 24.3 Å². The van der Waals surface area contributed by atoms with Gasteiger partial charge in [-0.2, -0.15) is 0 Å². The molecule has 2 rings (SSSR count). The van der Waals surface area contributed by atoms with Crippen molar-refractivity contribution < 1.29 is 9.59 Å². The molecule has 0 bridgehead atoms. The molecule has 1 aromatic rings. The number of benzene rings is 1. The second-order valence-corrected chi connectivity index (χ2v) is 8.32. The van der Waals surface area contributed by atoms with Crippen molar-refractivity contribution in [3.05, 3.63) is 35.4 Å². The molecule has 0 aromatic heterocycles. The van der Waals surface area contributed by atoms with Crippen LogP contribution >= 0.6 is 0 Å². The van der Waals surface area contributed by atoms with E-state index in [1.807, 2.05) is 0 Å². The molecule has 2 N–H and O–H groups in total. The van der Waals surface area contributed by atoms with Gasteiger partial charge in [-0.25, -0.2) is 0 Å². The first-order valence-corrected chi connectivity index (χ1v) is 9.59. The number of carbonyl (C=O) groups is 2. The zero-order valence-corrected chi connectivity index (χ0v) is 16.6. The molecule has 1 aliphatic heterocycles. The lowest BCUT2D eigenvalue weighted by Crippen LogP contribution is -2.49. The van der Waals surface area contributed by atoms with Gasteiger partial charge in [-0.15, -0.1) is 0 Å². The first-order chi connectivity index (χ1) is 12.2. The molecular weight excluding hydrogens is 326 g/mol. The maximum atomic E-state index is 12.2. The number of amides is 2. The van der Waals surface area contributed by atoms with Crippen LogP contribution in [-0.4, -0.2) is 48.9 Å². The van der Waals surface area contributed by atoms with E-state index in [-0.39, 0.29) is 23.3 Å². The predicted octanol–water partition coefficient (Wildman–Crippen LogP) is 2.24. The summed E-state index contributed by atoms with van der Waals surface area (Å²) in [6.07, 6.45) is 2.84. The molecule has 0 spiro atoms. The first kappa shape index (κ1) is 20.4. The molecule has 1 heterocycles. The van der Waals surface area contributed by atoms with Crippen LogP contribution in [0.3, 0.4) is 0 Å². The molecule has 1 fully saturated rings. The molecule has 0 aliphatic carbocycles. The van der Waals surface area contributed by atoms with Gasteiger partial charge in [0.2, 0.25) is 11.8 Å². The van der Waals surface area contributed by atoms with Gasteiger partial charge in [0.05, 0.1) is 6.54 Å². The normalized spacial score (nSPS) is 18.4. The average molecular weight is 360 g/mol. The molecular formula is C21H33N3O2. The van der Waals surface area contributed by atoms with Crippen molar-refractivity contribution in [1.82, 2.24) is 15.5 Å². The summed E-state index contributed by atoms with van der Waals surface area (Å²) in [5.74, 6) is 0.0542. The minimum atomic E-state index is -0.00113. The van der Waals surface area contributed by atoms with Crippen molar-refractivity contribution in [3.63, 3.8) is 0 Å². The molecule has 0 saturated carbocycles. The zero-order valence-electron chi connectivity index (χ0n) is 16.6. The van der Waals surface area contributed by atoms with Crippen LogP contribution in [-0.2, 0) is 21.4 Å². The molecule has 1 aliphatic rings. The van der Waals surface area contributed by atoms with E-state index in [9.17, 15) is 9.59 Å². The quantitative estimate of drug-likeness (QED) is 0.819. The van der Waals surface area contributed by atoms with Crippen molar-refractivity contribution in [1.29, 1.82) is 0 Å². The van der Waals surface area contributed by atoms with E-state index in [0.717, 1.165) is 32.4 Å². The van der Waals surface area contributed by atoms with Crippen molar-refractivity contribution in [2.45, 2.75) is 58.4 Å². The molecule has 2 amide bonds. The Morgan fingerprint density at radius 1 is 1.19 bits per heavy atom. The number of piperidine rings is 1. The van der Waals surface area contributed by atoms with Gasteiger partial charge < -0.3 is 10.6 Å². The molecule has 5 nitrogen and oxygen atoms in total. The van der Waals surface area contributed by atoms with Gasteiger partial charge in [0, 0.05) is 26.1 Å². The highest BCUT2D eigenvalue weighted by molar-refractivity contribution is 5.78. The van der Waals surface area contributed by atoms with E-state index in [1.165, 1.54) is 11.1 Å². The molecule has 1 saturated heterocycles. The Labute approximate surface area is 157 Å². The number of carbonyl (C=O) groups excluding carboxylic acids is 2. The summed E-state index contributed by atoms with van der Waals surface area (Å²) >= 11 is 0. The van der Waals surface area contributed by atoms with Gasteiger partial charge >= 0.3 is 0 Å². The smallest absolute Gasteiger partial charge is 0.234 e. The van der Waals surface area contributed by atoms with E-state index in [4.69, 9.17) is 0 Å². The molecule has 1 aromatic carbocycles. The maximum absolute atomic E-state index is 12.2. The minimum absolute atomic E-state index is 0.00113. The fraction of sp³-hybridized carbons (Fsp3) is 0.619. The maximum Gasteiger partial charge on any atom is 0.234 e. The molecule has 5 heteroatoms. The second-order valence-electron chi connectivity index (χ2n) is 8.32. The zero-order chi connectivity index (χ0) is 19.2. The van der Waals surface area contributed by atoms with Gasteiger partial charge in [-0.05, 0) is 42.3 Å². The minimum Gasteiger partial charge on any atom is -0.355 e. The lowest BCUT2D eigenvalue weighted by Gasteiger charge is -2.32. The highest BCUT2D eigenvalue weighted by Gasteiger charge is 2.21. The fourth-order valence-corrected chi connectivity index (χ4v) is 3.38. The number of nitrogens with one attached hydrogen (secondary N) is 2. The lowest BCUT2D eigenvalue weighted by atomic mass is 9.86. The Kier molecular flexibility index (Phi) is 7.21. The third-order valence-corrected chi connectivity index (χ3v) is 4.84. The number of rotatable bonds is 6. The van der Waals surface area contributed by atoms with Crippen LogP contribution in [0.2, 0.25) is 0 Å². The SMILES string of the molecule is CC(=O)NC1CCCN(CC(=O)NCCc2ccc(C(C)(C)C)cc2)C1. The highest BCUT2D eigenvalue weighted by Crippen LogP contribution is 2.22. The van der Waals surface area contributed by atoms with Gasteiger partial charge in [0.25, 0.3) is 0 Å². The van der Waals surface area contributed by atoms with Crippen LogP contribution in [0.4, 0.5) is 0 Å². The third-order valence-electron chi connectivity index (χ3n) is 4.84. The number of nitrogens with zero attached hydrogens (tertiary/aromatic N) is 1. The third kappa shape index (κ3) is 6.79. The standard InChI is InChI=1S/C21H33N3O2/c1-16(25)23-19-6-5-13-24(14-19)15-20(26)22-12-11-17-7-9-18(10-8-17)21(2,3)4/h7-10,19H,5-6,11-15H2,1-4H3,(H,22,26)(H,23,25). The van der Waals surface area contributed by atoms with Crippen molar-refractivity contribution in [2.75, 3.05) is 26.2 Å². The summed E-state index contributed by atoms with van der Waals surface area (Å²) in [5, 5.41) is 5.96. The second kappa shape index (κ2) is 9.17. The van der Waals surface area contributed by atoms with E-state index < -0.39 is 0 Å². The van der Waals surface area contributed by atoms with Gasteiger partial charge in [-0.3, -0.25) is 14.5 Å². The summed E-state index contributed by atoms with van der Waals surface area (Å²) in [6, 6.07) is 8.81. The van der Waals surface area contributed by atoms with Crippen LogP contribution in [0.5, 0.6) is 0 Å². The molecule has 1 unspecified atom stereocenters. The van der Waals surface area contributed by atoms with Crippen LogP contribution < -0.4 is 10.6 Å². The summed E-state index contributed by atoms with van der Waals surface area (Å²) < 4.78 is 0. The first-order valence-electron chi connectivity index (χ1n) is 9.59. The number of hydrogen-bond acceptors (Lipinski definition) is 3. The Morgan fingerprint density at radius 3 is 2.50 bits per heavy atom. The largest absolute Gasteiger partial charge is 0.355 e. The fourth-order valence-electron chi connectivity index (χ4n) is 3.38. The van der Waals surface area contributed by atoms with Crippen molar-refractivity contribution in [3.8, 4) is 0 Å². The van der Waals surface area contributed by atoms with Crippen molar-refractivity contribution >= 4 is 11.8 Å². The Balaban J connectivity index is 1.71. The highest BCUT2D eigenvalue weighted by atomic mass is 16.2. The van der Waals surface area contributed by atoms with Crippen LogP contribution in [0.1, 0.15) is 51.7 Å². The Hall–Kier alpha value is -1.88. The summed E-state index contributed by atoms with van der Waals surface area (Å²) in [6.45, 7) is 10.9. The number of likely N-dealkylation sites (tertiary alicyclic amines) is 1. The average Bonchev–Trinajstić information content (AvgIpc) is 2.54. The Bertz CT molecular complexity index is 605. The van der Waals surface area contributed by atoms with E-state index in [1.54, 1.807) is 6.92 Å². The summed E-state index contributed by atoms with van der Waals surface area (Å²) in [7, 11) is 0. The predicted molar refractivity (Wildman–Crippen MR) is 105 cm³/mol. The van der Waals surface area contributed by atoms with Crippen molar-refractivity contribution in [2.24, 2.45) is 0 Å². The molecule has 1 atom stereocenters. The monoisotopic (exact) mass is 359 g/mol. The van der Waals surface area contributed by atoms with Gasteiger partial charge in [-0.1, -0.05) is 45.0 Å². The van der Waals surface area contributed by atoms with Crippen LogP contribution in [0, 0.1) is 0 Å². The van der Waals surface area contributed by atoms with Gasteiger partial charge in [0.1, 0.15) is 0 Å². The summed E-state index contributed by atoms with van der Waals surface area (Å²) in [4.78, 5) is 25.5. The lowest BCUT2D eigenvalue weighted by molar-refractivity contribution is -0.122. The molecule has 26 heavy (non-hydrogen) atoms. The topological polar surface area (TPSA) is 61.4 Å². The molecule has 144 valence electrons. The van der Waals surface area contributed by atoms with E-state index in [2.05, 4.69) is 60.6 Å². The van der Waals surface area contributed by atoms with E-state index >= 15 is 0 Å². The van der Waals surface area contributed by atoms with Crippen LogP contribution in [0.25, 0.3) is 0 Å². The van der Waals surface area contributed by atoms with E-state index in [0.29, 0.717) is 13.1 Å². The number of hydrogen-bond donors (Lipinski definition) is 2. The van der Waals surface area contributed by atoms with Gasteiger partial charge in [0.15, 0.2) is 0 Å².